The number of hydrogen-bond acceptors (Lipinski definition) is 2. The van der Waals surface area contributed by atoms with E-state index in [9.17, 15) is 9.59 Å². The van der Waals surface area contributed by atoms with Crippen LogP contribution in [0.3, 0.4) is 0 Å². The molecule has 0 unspecified atom stereocenters. The first-order valence-electron chi connectivity index (χ1n) is 7.63. The van der Waals surface area contributed by atoms with Crippen LogP contribution in [0.25, 0.3) is 10.9 Å². The molecule has 1 amide bonds. The standard InChI is InChI=1S/C17H18N2O2/c1-11-9-12-5-4-6-13-15(12)19(11)10-14(16(13)20)17(21)18-7-2-3-8-18/h4-6,10-11H,2-3,7-9H2,1H3/t11-/m0/s1. The van der Waals surface area contributed by atoms with Gasteiger partial charge in [0, 0.05) is 30.7 Å². The van der Waals surface area contributed by atoms with Crippen molar-refractivity contribution in [3.63, 3.8) is 0 Å². The van der Waals surface area contributed by atoms with Crippen LogP contribution in [0.2, 0.25) is 0 Å². The van der Waals surface area contributed by atoms with Gasteiger partial charge in [-0.2, -0.15) is 0 Å². The van der Waals surface area contributed by atoms with Gasteiger partial charge in [0.15, 0.2) is 0 Å². The minimum absolute atomic E-state index is 0.104. The van der Waals surface area contributed by atoms with Gasteiger partial charge in [0.05, 0.1) is 5.52 Å². The SMILES string of the molecule is C[C@H]1Cc2cccc3c(=O)c(C(=O)N4CCCC4)cn1c23. The maximum atomic E-state index is 12.7. The van der Waals surface area contributed by atoms with Gasteiger partial charge < -0.3 is 9.47 Å². The molecule has 1 fully saturated rings. The van der Waals surface area contributed by atoms with Gasteiger partial charge in [-0.3, -0.25) is 9.59 Å². The average Bonchev–Trinajstić information content (AvgIpc) is 3.11. The first kappa shape index (κ1) is 12.6. The summed E-state index contributed by atoms with van der Waals surface area (Å²) in [6.07, 6.45) is 4.78. The molecule has 21 heavy (non-hydrogen) atoms. The van der Waals surface area contributed by atoms with Crippen LogP contribution in [-0.2, 0) is 6.42 Å². The maximum Gasteiger partial charge on any atom is 0.259 e. The van der Waals surface area contributed by atoms with E-state index in [1.54, 1.807) is 11.1 Å². The van der Waals surface area contributed by atoms with Gasteiger partial charge in [-0.15, -0.1) is 0 Å². The molecule has 3 heterocycles. The zero-order valence-corrected chi connectivity index (χ0v) is 12.1. The lowest BCUT2D eigenvalue weighted by Gasteiger charge is -2.17. The van der Waals surface area contributed by atoms with Crippen molar-refractivity contribution < 1.29 is 4.79 Å². The number of aromatic nitrogens is 1. The lowest BCUT2D eigenvalue weighted by molar-refractivity contribution is 0.0791. The highest BCUT2D eigenvalue weighted by Crippen LogP contribution is 2.31. The minimum atomic E-state index is -0.117. The first-order valence-corrected chi connectivity index (χ1v) is 7.63. The summed E-state index contributed by atoms with van der Waals surface area (Å²) in [5.74, 6) is -0.104. The molecule has 4 heteroatoms. The Balaban J connectivity index is 1.95. The maximum absolute atomic E-state index is 12.7. The fraction of sp³-hybridized carbons (Fsp3) is 0.412. The van der Waals surface area contributed by atoms with Crippen molar-refractivity contribution in [1.82, 2.24) is 9.47 Å². The molecule has 1 aromatic carbocycles. The monoisotopic (exact) mass is 282 g/mol. The second kappa shape index (κ2) is 4.45. The predicted molar refractivity (Wildman–Crippen MR) is 81.8 cm³/mol. The number of pyridine rings is 1. The molecule has 0 N–H and O–H groups in total. The molecule has 2 aliphatic rings. The smallest absolute Gasteiger partial charge is 0.259 e. The van der Waals surface area contributed by atoms with E-state index in [1.165, 1.54) is 5.56 Å². The Morgan fingerprint density at radius 3 is 2.76 bits per heavy atom. The van der Waals surface area contributed by atoms with Crippen LogP contribution < -0.4 is 5.43 Å². The zero-order valence-electron chi connectivity index (χ0n) is 12.1. The summed E-state index contributed by atoms with van der Waals surface area (Å²) in [5.41, 5.74) is 2.43. The van der Waals surface area contributed by atoms with Crippen LogP contribution in [0.1, 0.15) is 41.7 Å². The molecule has 0 aliphatic carbocycles. The third-order valence-corrected chi connectivity index (χ3v) is 4.75. The quantitative estimate of drug-likeness (QED) is 0.805. The van der Waals surface area contributed by atoms with Gasteiger partial charge in [-0.05, 0) is 37.8 Å². The summed E-state index contributed by atoms with van der Waals surface area (Å²) in [6.45, 7) is 3.67. The van der Waals surface area contributed by atoms with Gasteiger partial charge in [-0.1, -0.05) is 12.1 Å². The highest BCUT2D eigenvalue weighted by Gasteiger charge is 2.27. The van der Waals surface area contributed by atoms with E-state index < -0.39 is 0 Å². The van der Waals surface area contributed by atoms with Crippen molar-refractivity contribution in [1.29, 1.82) is 0 Å². The van der Waals surface area contributed by atoms with E-state index in [0.29, 0.717) is 17.0 Å². The van der Waals surface area contributed by atoms with E-state index in [0.717, 1.165) is 37.9 Å². The lowest BCUT2D eigenvalue weighted by Crippen LogP contribution is -2.32. The van der Waals surface area contributed by atoms with Gasteiger partial charge in [0.1, 0.15) is 5.56 Å². The van der Waals surface area contributed by atoms with Crippen LogP contribution in [0, 0.1) is 0 Å². The normalized spacial score (nSPS) is 20.4. The van der Waals surface area contributed by atoms with Gasteiger partial charge in [0.2, 0.25) is 5.43 Å². The van der Waals surface area contributed by atoms with Crippen molar-refractivity contribution in [3.8, 4) is 0 Å². The van der Waals surface area contributed by atoms with E-state index in [2.05, 4.69) is 17.6 Å². The van der Waals surface area contributed by atoms with Crippen LogP contribution in [0.5, 0.6) is 0 Å². The summed E-state index contributed by atoms with van der Waals surface area (Å²) in [6, 6.07) is 6.14. The fourth-order valence-corrected chi connectivity index (χ4v) is 3.66. The average molecular weight is 282 g/mol. The molecule has 1 saturated heterocycles. The van der Waals surface area contributed by atoms with Crippen molar-refractivity contribution in [3.05, 3.63) is 45.7 Å². The number of amides is 1. The Labute approximate surface area is 123 Å². The lowest BCUT2D eigenvalue weighted by atomic mass is 10.1. The summed E-state index contributed by atoms with van der Waals surface area (Å²) in [4.78, 5) is 27.1. The molecule has 4 nitrogen and oxygen atoms in total. The summed E-state index contributed by atoms with van der Waals surface area (Å²) in [7, 11) is 0. The highest BCUT2D eigenvalue weighted by atomic mass is 16.2. The van der Waals surface area contributed by atoms with Crippen LogP contribution in [-0.4, -0.2) is 28.5 Å². The number of benzene rings is 1. The number of likely N-dealkylation sites (tertiary alicyclic amines) is 1. The molecule has 1 atom stereocenters. The third kappa shape index (κ3) is 1.75. The van der Waals surface area contributed by atoms with Gasteiger partial charge in [-0.25, -0.2) is 0 Å². The molecule has 0 saturated carbocycles. The predicted octanol–water partition coefficient (Wildman–Crippen LogP) is 2.35. The fourth-order valence-electron chi connectivity index (χ4n) is 3.66. The Bertz CT molecular complexity index is 800. The first-order chi connectivity index (χ1) is 10.2. The molecule has 0 spiro atoms. The molecule has 0 bridgehead atoms. The largest absolute Gasteiger partial charge is 0.343 e. The second-order valence-corrected chi connectivity index (χ2v) is 6.14. The molecular weight excluding hydrogens is 264 g/mol. The molecule has 2 aliphatic heterocycles. The van der Waals surface area contributed by atoms with Crippen LogP contribution in [0.15, 0.2) is 29.2 Å². The third-order valence-electron chi connectivity index (χ3n) is 4.75. The number of nitrogens with zero attached hydrogens (tertiary/aromatic N) is 2. The highest BCUT2D eigenvalue weighted by molar-refractivity contribution is 5.98. The van der Waals surface area contributed by atoms with Crippen molar-refractivity contribution in [2.45, 2.75) is 32.2 Å². The van der Waals surface area contributed by atoms with Gasteiger partial charge in [0.25, 0.3) is 5.91 Å². The van der Waals surface area contributed by atoms with E-state index in [1.807, 2.05) is 12.1 Å². The second-order valence-electron chi connectivity index (χ2n) is 6.14. The minimum Gasteiger partial charge on any atom is -0.343 e. The molecule has 4 rings (SSSR count). The van der Waals surface area contributed by atoms with Gasteiger partial charge >= 0.3 is 0 Å². The number of hydrogen-bond donors (Lipinski definition) is 0. The summed E-state index contributed by atoms with van der Waals surface area (Å²) in [5, 5.41) is 0.682. The number of para-hydroxylation sites is 1. The Morgan fingerprint density at radius 1 is 1.24 bits per heavy atom. The van der Waals surface area contributed by atoms with E-state index >= 15 is 0 Å². The number of carbonyl (C=O) groups is 1. The Kier molecular flexibility index (Phi) is 2.67. The zero-order chi connectivity index (χ0) is 14.6. The summed E-state index contributed by atoms with van der Waals surface area (Å²) >= 11 is 0. The topological polar surface area (TPSA) is 42.3 Å². The molecule has 1 aromatic heterocycles. The molecule has 0 radical (unpaired) electrons. The van der Waals surface area contributed by atoms with E-state index in [4.69, 9.17) is 0 Å². The van der Waals surface area contributed by atoms with E-state index in [-0.39, 0.29) is 11.3 Å². The molecular formula is C17H18N2O2. The molecule has 108 valence electrons. The van der Waals surface area contributed by atoms with Crippen LogP contribution in [0.4, 0.5) is 0 Å². The Hall–Kier alpha value is -2.10. The summed E-state index contributed by atoms with van der Waals surface area (Å²) < 4.78 is 2.11. The number of carbonyl (C=O) groups excluding carboxylic acids is 1. The molecule has 2 aromatic rings. The van der Waals surface area contributed by atoms with Crippen molar-refractivity contribution >= 4 is 16.8 Å². The Morgan fingerprint density at radius 2 is 2.00 bits per heavy atom. The van der Waals surface area contributed by atoms with Crippen molar-refractivity contribution in [2.24, 2.45) is 0 Å². The van der Waals surface area contributed by atoms with Crippen molar-refractivity contribution in [2.75, 3.05) is 13.1 Å². The van der Waals surface area contributed by atoms with Crippen LogP contribution >= 0.6 is 0 Å². The number of rotatable bonds is 1.